The Balaban J connectivity index is 1.29. The van der Waals surface area contributed by atoms with E-state index in [1.165, 1.54) is 0 Å². The summed E-state index contributed by atoms with van der Waals surface area (Å²) in [6, 6.07) is 1.96. The quantitative estimate of drug-likeness (QED) is 0.383. The Morgan fingerprint density at radius 3 is 2.98 bits per heavy atom. The lowest BCUT2D eigenvalue weighted by atomic mass is 9.92. The fraction of sp³-hybridized carbons (Fsp3) is 0.323. The van der Waals surface area contributed by atoms with Crippen molar-refractivity contribution in [1.82, 2.24) is 30.3 Å². The van der Waals surface area contributed by atoms with Crippen LogP contribution in [0.4, 0.5) is 4.39 Å². The van der Waals surface area contributed by atoms with Crippen LogP contribution < -0.4 is 5.32 Å². The van der Waals surface area contributed by atoms with Gasteiger partial charge in [-0.1, -0.05) is 31.2 Å². The molecule has 0 saturated carbocycles. The van der Waals surface area contributed by atoms with Crippen LogP contribution in [-0.2, 0) is 17.8 Å². The average Bonchev–Trinajstić information content (AvgIpc) is 3.55. The molecule has 0 radical (unpaired) electrons. The van der Waals surface area contributed by atoms with Crippen LogP contribution in [0, 0.1) is 5.82 Å². The molecule has 0 amide bonds. The highest BCUT2D eigenvalue weighted by Gasteiger charge is 2.45. The molecule has 8 nitrogen and oxygen atoms in total. The van der Waals surface area contributed by atoms with Gasteiger partial charge in [0.2, 0.25) is 0 Å². The van der Waals surface area contributed by atoms with Crippen molar-refractivity contribution in [3.8, 4) is 11.3 Å². The molecule has 0 spiro atoms. The van der Waals surface area contributed by atoms with E-state index in [4.69, 9.17) is 10.1 Å². The summed E-state index contributed by atoms with van der Waals surface area (Å²) in [7, 11) is 0. The number of ketones is 1. The van der Waals surface area contributed by atoms with Crippen LogP contribution in [0.3, 0.4) is 0 Å². The van der Waals surface area contributed by atoms with Gasteiger partial charge in [-0.3, -0.25) is 19.8 Å². The molecular weight excluding hydrogens is 537 g/mol. The smallest absolute Gasteiger partial charge is 0.165 e. The Labute approximate surface area is 242 Å². The fourth-order valence-corrected chi connectivity index (χ4v) is 7.00. The second-order valence-electron chi connectivity index (χ2n) is 11.0. The number of rotatable bonds is 7. The maximum absolute atomic E-state index is 16.5. The fourth-order valence-electron chi connectivity index (χ4n) is 5.76. The van der Waals surface area contributed by atoms with E-state index in [1.54, 1.807) is 37.3 Å². The van der Waals surface area contributed by atoms with Crippen LogP contribution in [0.25, 0.3) is 16.8 Å². The molecule has 0 aromatic carbocycles. The lowest BCUT2D eigenvalue weighted by Crippen LogP contribution is -2.20. The number of nitrogens with zero attached hydrogens (tertiary/aromatic N) is 5. The summed E-state index contributed by atoms with van der Waals surface area (Å²) in [5.74, 6) is 0.199. The third-order valence-corrected chi connectivity index (χ3v) is 9.53. The first-order chi connectivity index (χ1) is 19.9. The zero-order chi connectivity index (χ0) is 28.3. The molecule has 1 saturated heterocycles. The second-order valence-corrected chi connectivity index (χ2v) is 12.5. The van der Waals surface area contributed by atoms with Gasteiger partial charge in [0.25, 0.3) is 0 Å². The van der Waals surface area contributed by atoms with Gasteiger partial charge >= 0.3 is 0 Å². The summed E-state index contributed by atoms with van der Waals surface area (Å²) in [4.78, 5) is 30.3. The summed E-state index contributed by atoms with van der Waals surface area (Å²) in [6.07, 6.45) is 14.8. The van der Waals surface area contributed by atoms with Crippen molar-refractivity contribution in [3.63, 3.8) is 0 Å². The van der Waals surface area contributed by atoms with Crippen molar-refractivity contribution in [2.24, 2.45) is 5.10 Å². The number of carbonyl (C=O) groups is 1. The van der Waals surface area contributed by atoms with Gasteiger partial charge in [-0.15, -0.1) is 11.8 Å². The van der Waals surface area contributed by atoms with E-state index in [9.17, 15) is 4.79 Å². The number of hydrogen-bond donors (Lipinski definition) is 2. The summed E-state index contributed by atoms with van der Waals surface area (Å²) < 4.78 is 16.2. The van der Waals surface area contributed by atoms with Gasteiger partial charge < -0.3 is 10.3 Å². The van der Waals surface area contributed by atoms with E-state index >= 15 is 4.39 Å². The Morgan fingerprint density at radius 1 is 1.29 bits per heavy atom. The van der Waals surface area contributed by atoms with Crippen LogP contribution >= 0.6 is 11.8 Å². The molecule has 1 fully saturated rings. The molecular formula is C31H30FN7OS. The van der Waals surface area contributed by atoms with Crippen molar-refractivity contribution in [2.75, 3.05) is 13.1 Å². The molecule has 1 aliphatic carbocycles. The molecule has 7 rings (SSSR count). The van der Waals surface area contributed by atoms with Crippen LogP contribution in [-0.4, -0.2) is 54.3 Å². The zero-order valence-electron chi connectivity index (χ0n) is 23.2. The molecule has 3 aromatic heterocycles. The van der Waals surface area contributed by atoms with Crippen LogP contribution in [0.5, 0.6) is 0 Å². The molecule has 10 heteroatoms. The maximum Gasteiger partial charge on any atom is 0.165 e. The van der Waals surface area contributed by atoms with E-state index in [1.807, 2.05) is 30.2 Å². The first kappa shape index (κ1) is 26.0. The number of carbonyl (C=O) groups excluding carboxylic acids is 1. The van der Waals surface area contributed by atoms with E-state index in [0.717, 1.165) is 52.5 Å². The highest BCUT2D eigenvalue weighted by molar-refractivity contribution is 8.06. The van der Waals surface area contributed by atoms with Crippen LogP contribution in [0.2, 0.25) is 0 Å². The monoisotopic (exact) mass is 567 g/mol. The summed E-state index contributed by atoms with van der Waals surface area (Å²) in [5, 5.41) is 10.1. The largest absolute Gasteiger partial charge is 0.340 e. The summed E-state index contributed by atoms with van der Waals surface area (Å²) >= 11 is 1.59. The number of aromatic amines is 1. The molecule has 3 aromatic rings. The number of fused-ring (bicyclic) bond motifs is 4. The van der Waals surface area contributed by atoms with Gasteiger partial charge in [0.15, 0.2) is 17.4 Å². The predicted molar refractivity (Wildman–Crippen MR) is 159 cm³/mol. The molecule has 4 aliphatic rings. The number of halogens is 1. The van der Waals surface area contributed by atoms with Crippen molar-refractivity contribution >= 4 is 28.8 Å². The van der Waals surface area contributed by atoms with Gasteiger partial charge in [-0.2, -0.15) is 5.10 Å². The normalized spacial score (nSPS) is 22.3. The van der Waals surface area contributed by atoms with Crippen molar-refractivity contribution in [2.45, 2.75) is 50.9 Å². The number of allylic oxidation sites excluding steroid dienone is 5. The Bertz CT molecular complexity index is 1720. The maximum atomic E-state index is 16.5. The number of Topliss-reactive ketones (excluding diaryl/α,β-unsaturated/α-hetero) is 1. The number of hydrogen-bond acceptors (Lipinski definition) is 8. The first-order valence-corrected chi connectivity index (χ1v) is 14.7. The lowest BCUT2D eigenvalue weighted by molar-refractivity contribution is -0.112. The summed E-state index contributed by atoms with van der Waals surface area (Å²) in [6.45, 7) is 8.00. The van der Waals surface area contributed by atoms with Crippen molar-refractivity contribution in [1.29, 1.82) is 0 Å². The third kappa shape index (κ3) is 4.46. The molecule has 6 heterocycles. The molecule has 2 atom stereocenters. The van der Waals surface area contributed by atoms with Gasteiger partial charge in [0, 0.05) is 58.0 Å². The lowest BCUT2D eigenvalue weighted by Gasteiger charge is -2.26. The van der Waals surface area contributed by atoms with E-state index < -0.39 is 5.82 Å². The van der Waals surface area contributed by atoms with Gasteiger partial charge in [0.1, 0.15) is 11.4 Å². The number of pyridine rings is 2. The highest BCUT2D eigenvalue weighted by atomic mass is 32.2. The summed E-state index contributed by atoms with van der Waals surface area (Å²) in [5.41, 5.74) is 6.43. The Morgan fingerprint density at radius 2 is 2.17 bits per heavy atom. The Hall–Kier alpha value is -3.89. The number of nitrogens with one attached hydrogen (secondary N) is 2. The minimum absolute atomic E-state index is 0.0269. The minimum atomic E-state index is -0.411. The molecule has 3 aliphatic heterocycles. The van der Waals surface area contributed by atoms with Crippen molar-refractivity contribution < 1.29 is 9.18 Å². The van der Waals surface area contributed by atoms with E-state index in [0.29, 0.717) is 35.6 Å². The molecule has 2 N–H and O–H groups in total. The standard InChI is InChI=1S/C31H30FN7OS/c1-4-33-12-18-11-19(14-34-13-18)27-26(32)25-20(15-35-27)23-16-39(23)38-29(25)30-36-22-8-6-5-7-21(28(22)37-30)31(3)10-9-24(41-31)17(2)40/h5-7,9,11,13-15,23,33H,4,8,10,12,16H2,1-3H3,(H,36,37). The highest BCUT2D eigenvalue weighted by Crippen LogP contribution is 2.51. The first-order valence-electron chi connectivity index (χ1n) is 13.9. The number of thioether (sulfide) groups is 1. The Kier molecular flexibility index (Phi) is 6.28. The number of imidazole rings is 1. The predicted octanol–water partition coefficient (Wildman–Crippen LogP) is 5.10. The van der Waals surface area contributed by atoms with Gasteiger partial charge in [0.05, 0.1) is 23.8 Å². The number of hydrazone groups is 1. The number of H-pyrrole nitrogens is 1. The molecule has 2 unspecified atom stereocenters. The SMILES string of the molecule is CCNCc1cncc(-c2ncc3c(c2F)C(c2nc4c([nH]2)CC=CC=C4C2(C)CC=C(C(C)=O)S2)=NN2CC32)c1. The molecule has 41 heavy (non-hydrogen) atoms. The van der Waals surface area contributed by atoms with Crippen LogP contribution in [0.1, 0.15) is 67.1 Å². The second kappa shape index (κ2) is 9.88. The molecule has 208 valence electrons. The van der Waals surface area contributed by atoms with Gasteiger partial charge in [-0.25, -0.2) is 9.37 Å². The van der Waals surface area contributed by atoms with E-state index in [-0.39, 0.29) is 22.3 Å². The van der Waals surface area contributed by atoms with E-state index in [2.05, 4.69) is 39.3 Å². The zero-order valence-corrected chi connectivity index (χ0v) is 24.0. The van der Waals surface area contributed by atoms with Crippen molar-refractivity contribution in [3.05, 3.63) is 93.6 Å². The topological polar surface area (TPSA) is 98.9 Å². The average molecular weight is 568 g/mol. The number of aromatic nitrogens is 4. The molecule has 0 bridgehead atoms. The minimum Gasteiger partial charge on any atom is -0.340 e. The van der Waals surface area contributed by atoms with Crippen LogP contribution in [0.15, 0.2) is 59.0 Å². The third-order valence-electron chi connectivity index (χ3n) is 8.01. The van der Waals surface area contributed by atoms with Gasteiger partial charge in [-0.05, 0) is 44.0 Å².